The third-order valence-electron chi connectivity index (χ3n) is 2.66. The quantitative estimate of drug-likeness (QED) is 0.832. The summed E-state index contributed by atoms with van der Waals surface area (Å²) in [6.07, 6.45) is 3.35. The first-order chi connectivity index (χ1) is 10.1. The molecule has 0 unspecified atom stereocenters. The van der Waals surface area contributed by atoms with Crippen LogP contribution in [-0.2, 0) is 16.1 Å². The zero-order valence-corrected chi connectivity index (χ0v) is 11.7. The lowest BCUT2D eigenvalue weighted by Gasteiger charge is -2.12. The maximum Gasteiger partial charge on any atom is 0.359 e. The van der Waals surface area contributed by atoms with Crippen LogP contribution in [0.1, 0.15) is 28.9 Å². The van der Waals surface area contributed by atoms with Gasteiger partial charge in [0.05, 0.1) is 24.7 Å². The fourth-order valence-corrected chi connectivity index (χ4v) is 1.50. The van der Waals surface area contributed by atoms with E-state index in [0.717, 1.165) is 0 Å². The summed E-state index contributed by atoms with van der Waals surface area (Å²) in [4.78, 5) is 31.4. The highest BCUT2D eigenvalue weighted by Crippen LogP contribution is 2.03. The molecule has 21 heavy (non-hydrogen) atoms. The highest BCUT2D eigenvalue weighted by Gasteiger charge is 2.19. The van der Waals surface area contributed by atoms with Gasteiger partial charge in [-0.2, -0.15) is 0 Å². The number of furan rings is 1. The van der Waals surface area contributed by atoms with E-state index in [1.807, 2.05) is 0 Å². The number of nitrogens with one attached hydrogen (secondary N) is 1. The molecule has 2 heterocycles. The monoisotopic (exact) mass is 289 g/mol. The van der Waals surface area contributed by atoms with Crippen molar-refractivity contribution in [2.75, 3.05) is 0 Å². The molecule has 0 aliphatic rings. The van der Waals surface area contributed by atoms with Gasteiger partial charge >= 0.3 is 5.97 Å². The Morgan fingerprint density at radius 1 is 1.38 bits per heavy atom. The minimum atomic E-state index is -0.935. The van der Waals surface area contributed by atoms with E-state index in [2.05, 4.69) is 15.3 Å². The van der Waals surface area contributed by atoms with Gasteiger partial charge in [0.25, 0.3) is 5.91 Å². The van der Waals surface area contributed by atoms with E-state index in [0.29, 0.717) is 11.5 Å². The molecule has 0 bridgehead atoms. The molecule has 0 saturated carbocycles. The van der Waals surface area contributed by atoms with Crippen LogP contribution in [0.3, 0.4) is 0 Å². The first-order valence-corrected chi connectivity index (χ1v) is 6.36. The van der Waals surface area contributed by atoms with Crippen LogP contribution in [0.5, 0.6) is 0 Å². The maximum atomic E-state index is 11.8. The van der Waals surface area contributed by atoms with E-state index in [4.69, 9.17) is 9.15 Å². The summed E-state index contributed by atoms with van der Waals surface area (Å²) >= 11 is 0. The number of esters is 1. The predicted molar refractivity (Wildman–Crippen MR) is 72.2 cm³/mol. The summed E-state index contributed by atoms with van der Waals surface area (Å²) in [5.74, 6) is -0.491. The number of amides is 1. The lowest BCUT2D eigenvalue weighted by molar-refractivity contribution is -0.129. The number of nitrogens with zero attached hydrogens (tertiary/aromatic N) is 2. The van der Waals surface area contributed by atoms with E-state index in [1.165, 1.54) is 25.6 Å². The van der Waals surface area contributed by atoms with Gasteiger partial charge in [-0.3, -0.25) is 9.78 Å². The molecule has 2 rings (SSSR count). The van der Waals surface area contributed by atoms with Gasteiger partial charge in [0.2, 0.25) is 0 Å². The summed E-state index contributed by atoms with van der Waals surface area (Å²) in [7, 11) is 0. The van der Waals surface area contributed by atoms with Crippen molar-refractivity contribution in [3.8, 4) is 0 Å². The van der Waals surface area contributed by atoms with Crippen LogP contribution in [0.2, 0.25) is 0 Å². The van der Waals surface area contributed by atoms with E-state index in [9.17, 15) is 9.59 Å². The van der Waals surface area contributed by atoms with Gasteiger partial charge in [-0.05, 0) is 26.0 Å². The second-order valence-electron chi connectivity index (χ2n) is 4.39. The van der Waals surface area contributed by atoms with E-state index < -0.39 is 18.0 Å². The summed E-state index contributed by atoms with van der Waals surface area (Å²) in [5.41, 5.74) is 0.752. The van der Waals surface area contributed by atoms with E-state index >= 15 is 0 Å². The molecule has 0 aliphatic heterocycles. The topological polar surface area (TPSA) is 94.3 Å². The van der Waals surface area contributed by atoms with E-state index in [-0.39, 0.29) is 12.2 Å². The molecule has 0 saturated heterocycles. The molecule has 0 spiro atoms. The molecular weight excluding hydrogens is 274 g/mol. The Balaban J connectivity index is 1.85. The highest BCUT2D eigenvalue weighted by molar-refractivity contribution is 5.90. The Bertz CT molecular complexity index is 608. The van der Waals surface area contributed by atoms with Gasteiger partial charge in [0, 0.05) is 6.20 Å². The van der Waals surface area contributed by atoms with Gasteiger partial charge in [0.1, 0.15) is 5.76 Å². The molecule has 1 atom stereocenters. The molecule has 0 aliphatic carbocycles. The number of aromatic nitrogens is 2. The zero-order valence-electron chi connectivity index (χ0n) is 11.7. The SMILES string of the molecule is Cc1cnc(C(=O)O[C@H](C)C(=O)NCc2ccco2)cn1. The Hall–Kier alpha value is -2.70. The smallest absolute Gasteiger partial charge is 0.359 e. The highest BCUT2D eigenvalue weighted by atomic mass is 16.5. The molecule has 2 aromatic rings. The second-order valence-corrected chi connectivity index (χ2v) is 4.39. The van der Waals surface area contributed by atoms with Crippen molar-refractivity contribution < 1.29 is 18.7 Å². The second kappa shape index (κ2) is 6.65. The van der Waals surface area contributed by atoms with E-state index in [1.54, 1.807) is 19.1 Å². The maximum absolute atomic E-state index is 11.8. The van der Waals surface area contributed by atoms with Gasteiger partial charge in [-0.15, -0.1) is 0 Å². The molecule has 0 radical (unpaired) electrons. The van der Waals surface area contributed by atoms with Crippen LogP contribution < -0.4 is 5.32 Å². The molecule has 110 valence electrons. The van der Waals surface area contributed by atoms with Crippen LogP contribution in [-0.4, -0.2) is 27.9 Å². The molecule has 0 aromatic carbocycles. The molecule has 2 aromatic heterocycles. The van der Waals surface area contributed by atoms with Crippen molar-refractivity contribution in [2.45, 2.75) is 26.5 Å². The van der Waals surface area contributed by atoms with Crippen molar-refractivity contribution in [3.63, 3.8) is 0 Å². The Morgan fingerprint density at radius 3 is 2.81 bits per heavy atom. The largest absolute Gasteiger partial charge is 0.467 e. The average Bonchev–Trinajstić information content (AvgIpc) is 2.98. The minimum Gasteiger partial charge on any atom is -0.467 e. The van der Waals surface area contributed by atoms with Gasteiger partial charge in [-0.25, -0.2) is 9.78 Å². The molecule has 1 amide bonds. The van der Waals surface area contributed by atoms with Gasteiger partial charge in [0.15, 0.2) is 11.8 Å². The zero-order chi connectivity index (χ0) is 15.2. The number of ether oxygens (including phenoxy) is 1. The Kier molecular flexibility index (Phi) is 4.65. The number of hydrogen-bond donors (Lipinski definition) is 1. The van der Waals surface area contributed by atoms with Crippen molar-refractivity contribution >= 4 is 11.9 Å². The number of carbonyl (C=O) groups excluding carboxylic acids is 2. The van der Waals surface area contributed by atoms with Crippen molar-refractivity contribution in [1.29, 1.82) is 0 Å². The van der Waals surface area contributed by atoms with Crippen LogP contribution in [0, 0.1) is 6.92 Å². The van der Waals surface area contributed by atoms with Crippen molar-refractivity contribution in [1.82, 2.24) is 15.3 Å². The minimum absolute atomic E-state index is 0.0614. The molecule has 1 N–H and O–H groups in total. The number of aryl methyl sites for hydroxylation is 1. The van der Waals surface area contributed by atoms with Gasteiger partial charge < -0.3 is 14.5 Å². The van der Waals surface area contributed by atoms with Crippen molar-refractivity contribution in [2.24, 2.45) is 0 Å². The Labute approximate surface area is 121 Å². The van der Waals surface area contributed by atoms with Crippen LogP contribution in [0.25, 0.3) is 0 Å². The van der Waals surface area contributed by atoms with Crippen molar-refractivity contribution in [3.05, 3.63) is 47.9 Å². The van der Waals surface area contributed by atoms with Gasteiger partial charge in [-0.1, -0.05) is 0 Å². The normalized spacial score (nSPS) is 11.7. The third-order valence-corrected chi connectivity index (χ3v) is 2.66. The number of rotatable bonds is 5. The lowest BCUT2D eigenvalue weighted by Crippen LogP contribution is -2.35. The van der Waals surface area contributed by atoms with Crippen LogP contribution in [0.15, 0.2) is 35.2 Å². The summed E-state index contributed by atoms with van der Waals surface area (Å²) < 4.78 is 10.1. The molecule has 7 heteroatoms. The first kappa shape index (κ1) is 14.7. The number of carbonyl (C=O) groups is 2. The standard InChI is InChI=1S/C14H15N3O4/c1-9-6-16-12(8-15-9)14(19)21-10(2)13(18)17-7-11-4-3-5-20-11/h3-6,8,10H,7H2,1-2H3,(H,17,18)/t10-/m1/s1. The molecule has 7 nitrogen and oxygen atoms in total. The first-order valence-electron chi connectivity index (χ1n) is 6.36. The van der Waals surface area contributed by atoms with Crippen LogP contribution in [0.4, 0.5) is 0 Å². The molecule has 0 fully saturated rings. The molecular formula is C14H15N3O4. The fourth-order valence-electron chi connectivity index (χ4n) is 1.50. The predicted octanol–water partition coefficient (Wildman–Crippen LogP) is 1.24. The summed E-state index contributed by atoms with van der Waals surface area (Å²) in [6.45, 7) is 3.47. The third kappa shape index (κ3) is 4.13. The summed E-state index contributed by atoms with van der Waals surface area (Å²) in [5, 5.41) is 2.60. The average molecular weight is 289 g/mol. The Morgan fingerprint density at radius 2 is 2.19 bits per heavy atom. The number of hydrogen-bond acceptors (Lipinski definition) is 6. The summed E-state index contributed by atoms with van der Waals surface area (Å²) in [6, 6.07) is 3.46. The lowest BCUT2D eigenvalue weighted by atomic mass is 10.3. The van der Waals surface area contributed by atoms with Crippen LogP contribution >= 0.6 is 0 Å². The fraction of sp³-hybridized carbons (Fsp3) is 0.286.